The summed E-state index contributed by atoms with van der Waals surface area (Å²) in [6.45, 7) is 3.96. The molecule has 0 unspecified atom stereocenters. The van der Waals surface area contributed by atoms with Crippen molar-refractivity contribution >= 4 is 11.0 Å². The standard InChI is InChI=1S/C12H15N3O/c1-8-13-10-4-3-5-11(12(10)14-8)16-9-6-15(2)7-9/h3-5,9H,6-7H2,1-2H3,(H,13,14). The van der Waals surface area contributed by atoms with E-state index in [-0.39, 0.29) is 0 Å². The maximum Gasteiger partial charge on any atom is 0.147 e. The van der Waals surface area contributed by atoms with Gasteiger partial charge in [-0.15, -0.1) is 0 Å². The molecule has 0 bridgehead atoms. The number of aromatic nitrogens is 2. The molecule has 0 spiro atoms. The van der Waals surface area contributed by atoms with Crippen LogP contribution >= 0.6 is 0 Å². The zero-order valence-electron chi connectivity index (χ0n) is 9.53. The predicted octanol–water partition coefficient (Wildman–Crippen LogP) is 1.56. The van der Waals surface area contributed by atoms with E-state index >= 15 is 0 Å². The summed E-state index contributed by atoms with van der Waals surface area (Å²) in [7, 11) is 2.10. The van der Waals surface area contributed by atoms with Gasteiger partial charge in [0.25, 0.3) is 0 Å². The van der Waals surface area contributed by atoms with Gasteiger partial charge in [-0.25, -0.2) is 4.98 Å². The van der Waals surface area contributed by atoms with Crippen LogP contribution in [0.3, 0.4) is 0 Å². The summed E-state index contributed by atoms with van der Waals surface area (Å²) in [5, 5.41) is 0. The van der Waals surface area contributed by atoms with Crippen LogP contribution in [-0.4, -0.2) is 41.1 Å². The van der Waals surface area contributed by atoms with Crippen molar-refractivity contribution in [2.24, 2.45) is 0 Å². The van der Waals surface area contributed by atoms with Crippen LogP contribution < -0.4 is 4.74 Å². The molecule has 0 atom stereocenters. The van der Waals surface area contributed by atoms with Gasteiger partial charge in [0, 0.05) is 13.1 Å². The van der Waals surface area contributed by atoms with E-state index in [0.717, 1.165) is 35.7 Å². The van der Waals surface area contributed by atoms with Crippen molar-refractivity contribution in [2.45, 2.75) is 13.0 Å². The monoisotopic (exact) mass is 217 g/mol. The molecule has 16 heavy (non-hydrogen) atoms. The van der Waals surface area contributed by atoms with E-state index in [4.69, 9.17) is 4.74 Å². The largest absolute Gasteiger partial charge is 0.485 e. The SMILES string of the molecule is Cc1nc2c(OC3CN(C)C3)cccc2[nH]1. The number of aryl methyl sites for hydroxylation is 1. The molecular formula is C12H15N3O. The Morgan fingerprint density at radius 2 is 2.25 bits per heavy atom. The van der Waals surface area contributed by atoms with Gasteiger partial charge in [-0.2, -0.15) is 0 Å². The molecule has 2 aromatic rings. The van der Waals surface area contributed by atoms with E-state index in [9.17, 15) is 0 Å². The number of likely N-dealkylation sites (N-methyl/N-ethyl adjacent to an activating group) is 1. The fraction of sp³-hybridized carbons (Fsp3) is 0.417. The lowest BCUT2D eigenvalue weighted by Gasteiger charge is -2.35. The van der Waals surface area contributed by atoms with Gasteiger partial charge in [-0.05, 0) is 26.1 Å². The van der Waals surface area contributed by atoms with Crippen LogP contribution in [0.25, 0.3) is 11.0 Å². The van der Waals surface area contributed by atoms with Crippen LogP contribution in [0, 0.1) is 6.92 Å². The van der Waals surface area contributed by atoms with Crippen molar-refractivity contribution < 1.29 is 4.74 Å². The Kier molecular flexibility index (Phi) is 2.11. The van der Waals surface area contributed by atoms with E-state index in [1.54, 1.807) is 0 Å². The molecule has 1 N–H and O–H groups in total. The van der Waals surface area contributed by atoms with E-state index in [1.807, 2.05) is 25.1 Å². The highest BCUT2D eigenvalue weighted by atomic mass is 16.5. The molecule has 2 heterocycles. The molecule has 1 aliphatic heterocycles. The van der Waals surface area contributed by atoms with E-state index in [1.165, 1.54) is 0 Å². The Hall–Kier alpha value is -1.55. The number of nitrogens with one attached hydrogen (secondary N) is 1. The first-order valence-corrected chi connectivity index (χ1v) is 5.53. The van der Waals surface area contributed by atoms with Crippen LogP contribution in [0.15, 0.2) is 18.2 Å². The summed E-state index contributed by atoms with van der Waals surface area (Å²) in [5.74, 6) is 1.82. The number of para-hydroxylation sites is 1. The van der Waals surface area contributed by atoms with Crippen molar-refractivity contribution in [1.82, 2.24) is 14.9 Å². The second-order valence-corrected chi connectivity index (χ2v) is 4.44. The normalized spacial score (nSPS) is 17.6. The lowest BCUT2D eigenvalue weighted by Crippen LogP contribution is -2.51. The van der Waals surface area contributed by atoms with Crippen molar-refractivity contribution in [3.8, 4) is 5.75 Å². The number of nitrogens with zero attached hydrogens (tertiary/aromatic N) is 2. The summed E-state index contributed by atoms with van der Waals surface area (Å²) >= 11 is 0. The highest BCUT2D eigenvalue weighted by molar-refractivity contribution is 5.81. The molecule has 1 saturated heterocycles. The minimum absolute atomic E-state index is 0.313. The van der Waals surface area contributed by atoms with Gasteiger partial charge in [0.05, 0.1) is 5.52 Å². The van der Waals surface area contributed by atoms with Gasteiger partial charge >= 0.3 is 0 Å². The van der Waals surface area contributed by atoms with Crippen LogP contribution in [0.4, 0.5) is 0 Å². The number of rotatable bonds is 2. The number of aromatic amines is 1. The predicted molar refractivity (Wildman–Crippen MR) is 62.7 cm³/mol. The van der Waals surface area contributed by atoms with Gasteiger partial charge in [-0.3, -0.25) is 4.90 Å². The molecule has 1 aromatic carbocycles. The topological polar surface area (TPSA) is 41.1 Å². The van der Waals surface area contributed by atoms with Gasteiger partial charge in [0.15, 0.2) is 0 Å². The molecule has 4 nitrogen and oxygen atoms in total. The lowest BCUT2D eigenvalue weighted by atomic mass is 10.2. The minimum Gasteiger partial charge on any atom is -0.485 e. The zero-order valence-corrected chi connectivity index (χ0v) is 9.53. The van der Waals surface area contributed by atoms with Crippen LogP contribution in [0.2, 0.25) is 0 Å². The molecule has 4 heteroatoms. The quantitative estimate of drug-likeness (QED) is 0.830. The second-order valence-electron chi connectivity index (χ2n) is 4.44. The van der Waals surface area contributed by atoms with Crippen molar-refractivity contribution in [1.29, 1.82) is 0 Å². The zero-order chi connectivity index (χ0) is 11.1. The number of hydrogen-bond acceptors (Lipinski definition) is 3. The third-order valence-corrected chi connectivity index (χ3v) is 2.92. The first-order chi connectivity index (χ1) is 7.72. The van der Waals surface area contributed by atoms with E-state index in [0.29, 0.717) is 6.10 Å². The molecule has 1 aromatic heterocycles. The number of benzene rings is 1. The Balaban J connectivity index is 1.90. The van der Waals surface area contributed by atoms with Crippen LogP contribution in [0.1, 0.15) is 5.82 Å². The maximum absolute atomic E-state index is 5.92. The van der Waals surface area contributed by atoms with E-state index < -0.39 is 0 Å². The number of likely N-dealkylation sites (tertiary alicyclic amines) is 1. The number of ether oxygens (including phenoxy) is 1. The fourth-order valence-electron chi connectivity index (χ4n) is 2.12. The lowest BCUT2D eigenvalue weighted by molar-refractivity contribution is 0.0398. The summed E-state index contributed by atoms with van der Waals surface area (Å²) in [4.78, 5) is 9.90. The van der Waals surface area contributed by atoms with Crippen LogP contribution in [-0.2, 0) is 0 Å². The van der Waals surface area contributed by atoms with Crippen molar-refractivity contribution in [3.63, 3.8) is 0 Å². The first-order valence-electron chi connectivity index (χ1n) is 5.53. The van der Waals surface area contributed by atoms with Gasteiger partial charge in [0.1, 0.15) is 23.2 Å². The average molecular weight is 217 g/mol. The van der Waals surface area contributed by atoms with Gasteiger partial charge in [0.2, 0.25) is 0 Å². The summed E-state index contributed by atoms with van der Waals surface area (Å²) in [5.41, 5.74) is 1.98. The number of imidazole rings is 1. The summed E-state index contributed by atoms with van der Waals surface area (Å²) < 4.78 is 5.92. The number of H-pyrrole nitrogens is 1. The molecule has 1 fully saturated rings. The Labute approximate surface area is 94.2 Å². The third kappa shape index (κ3) is 1.55. The van der Waals surface area contributed by atoms with E-state index in [2.05, 4.69) is 21.9 Å². The number of fused-ring (bicyclic) bond motifs is 1. The molecule has 0 radical (unpaired) electrons. The molecule has 0 amide bonds. The Bertz CT molecular complexity index is 514. The summed E-state index contributed by atoms with van der Waals surface area (Å²) in [6.07, 6.45) is 0.313. The fourth-order valence-corrected chi connectivity index (χ4v) is 2.12. The average Bonchev–Trinajstić information content (AvgIpc) is 2.57. The molecule has 1 aliphatic rings. The molecule has 3 rings (SSSR count). The maximum atomic E-state index is 5.92. The van der Waals surface area contributed by atoms with Gasteiger partial charge in [-0.1, -0.05) is 6.07 Å². The van der Waals surface area contributed by atoms with Crippen LogP contribution in [0.5, 0.6) is 5.75 Å². The smallest absolute Gasteiger partial charge is 0.147 e. The minimum atomic E-state index is 0.313. The highest BCUT2D eigenvalue weighted by Crippen LogP contribution is 2.25. The second kappa shape index (κ2) is 3.49. The molecular weight excluding hydrogens is 202 g/mol. The Morgan fingerprint density at radius 3 is 3.00 bits per heavy atom. The molecule has 84 valence electrons. The molecule has 0 saturated carbocycles. The first kappa shape index (κ1) is 9.66. The number of hydrogen-bond donors (Lipinski definition) is 1. The van der Waals surface area contributed by atoms with Crippen molar-refractivity contribution in [2.75, 3.05) is 20.1 Å². The third-order valence-electron chi connectivity index (χ3n) is 2.92. The highest BCUT2D eigenvalue weighted by Gasteiger charge is 2.25. The summed E-state index contributed by atoms with van der Waals surface area (Å²) in [6, 6.07) is 6.01. The van der Waals surface area contributed by atoms with Crippen molar-refractivity contribution in [3.05, 3.63) is 24.0 Å². The van der Waals surface area contributed by atoms with Gasteiger partial charge < -0.3 is 9.72 Å². The molecule has 0 aliphatic carbocycles. The Morgan fingerprint density at radius 1 is 1.44 bits per heavy atom.